The summed E-state index contributed by atoms with van der Waals surface area (Å²) in [5.41, 5.74) is 1.84. The van der Waals surface area contributed by atoms with Gasteiger partial charge in [-0.05, 0) is 60.4 Å². The van der Waals surface area contributed by atoms with Crippen molar-refractivity contribution >= 4 is 27.6 Å². The van der Waals surface area contributed by atoms with E-state index in [0.29, 0.717) is 29.9 Å². The van der Waals surface area contributed by atoms with Crippen LogP contribution < -0.4 is 9.46 Å². The molecule has 176 valence electrons. The third-order valence-electron chi connectivity index (χ3n) is 4.93. The number of carbonyl (C=O) groups is 1. The van der Waals surface area contributed by atoms with Crippen LogP contribution in [0.5, 0.6) is 11.5 Å². The minimum absolute atomic E-state index is 0. The van der Waals surface area contributed by atoms with Gasteiger partial charge in [0.05, 0.1) is 22.6 Å². The van der Waals surface area contributed by atoms with Gasteiger partial charge in [-0.2, -0.15) is 0 Å². The molecule has 0 bridgehead atoms. The normalized spacial score (nSPS) is 11.3. The zero-order chi connectivity index (χ0) is 24.0. The van der Waals surface area contributed by atoms with Crippen molar-refractivity contribution in [2.24, 2.45) is 0 Å². The van der Waals surface area contributed by atoms with Crippen LogP contribution in [0, 0.1) is 5.82 Å². The van der Waals surface area contributed by atoms with Crippen LogP contribution in [-0.4, -0.2) is 28.0 Å². The van der Waals surface area contributed by atoms with Crippen molar-refractivity contribution < 1.29 is 28.5 Å². The molecule has 0 aliphatic rings. The van der Waals surface area contributed by atoms with Gasteiger partial charge in [0.25, 0.3) is 0 Å². The predicted octanol–water partition coefficient (Wildman–Crippen LogP) is 5.39. The Morgan fingerprint density at radius 3 is 2.39 bits per heavy atom. The van der Waals surface area contributed by atoms with Crippen molar-refractivity contribution in [2.45, 2.75) is 24.7 Å². The number of aryl methyl sites for hydroxylation is 1. The van der Waals surface area contributed by atoms with Gasteiger partial charge in [0.1, 0.15) is 17.3 Å². The van der Waals surface area contributed by atoms with Gasteiger partial charge in [0.15, 0.2) is 0 Å². The number of rotatable bonds is 9. The molecular weight excluding hydrogens is 469 g/mol. The molecule has 6 nitrogen and oxygen atoms in total. The Hall–Kier alpha value is -2.94. The second kappa shape index (κ2) is 10.8. The van der Waals surface area contributed by atoms with E-state index in [9.17, 15) is 17.6 Å². The molecule has 0 aliphatic carbocycles. The maximum absolute atomic E-state index is 13.2. The van der Waals surface area contributed by atoms with Crippen LogP contribution in [0.25, 0.3) is 0 Å². The second-order valence-electron chi connectivity index (χ2n) is 7.13. The molecule has 0 saturated heterocycles. The smallest absolute Gasteiger partial charge is 0.338 e. The number of methoxy groups -OCH3 is 1. The molecule has 3 aromatic rings. The first-order valence-corrected chi connectivity index (χ1v) is 12.0. The number of hydrogen-bond acceptors (Lipinski definition) is 5. The van der Waals surface area contributed by atoms with Crippen molar-refractivity contribution in [1.82, 2.24) is 4.72 Å². The minimum atomic E-state index is -3.80. The Morgan fingerprint density at radius 2 is 1.76 bits per heavy atom. The summed E-state index contributed by atoms with van der Waals surface area (Å²) in [6.45, 7) is 2.04. The third kappa shape index (κ3) is 6.31. The number of benzene rings is 3. The summed E-state index contributed by atoms with van der Waals surface area (Å²) in [5, 5.41) is -0.0283. The lowest BCUT2D eigenvalue weighted by atomic mass is 10.1. The highest BCUT2D eigenvalue weighted by molar-refractivity contribution is 7.89. The lowest BCUT2D eigenvalue weighted by Crippen LogP contribution is -2.26. The Balaban J connectivity index is 0.00000408. The largest absolute Gasteiger partial charge is 0.465 e. The average molecular weight is 494 g/mol. The molecule has 0 unspecified atom stereocenters. The monoisotopic (exact) mass is 493 g/mol. The number of nitrogens with one attached hydrogen (secondary N) is 1. The van der Waals surface area contributed by atoms with Gasteiger partial charge in [-0.3, -0.25) is 0 Å². The van der Waals surface area contributed by atoms with Crippen LogP contribution in [0.3, 0.4) is 0 Å². The summed E-state index contributed by atoms with van der Waals surface area (Å²) in [4.78, 5) is 12.0. The fourth-order valence-corrected chi connectivity index (χ4v) is 4.37. The van der Waals surface area contributed by atoms with Gasteiger partial charge in [0.2, 0.25) is 10.0 Å². The molecule has 0 saturated carbocycles. The molecular formula is C24H25ClFNO5S. The van der Waals surface area contributed by atoms with E-state index in [1.807, 2.05) is 6.92 Å². The average Bonchev–Trinajstić information content (AvgIpc) is 2.81. The maximum Gasteiger partial charge on any atom is 0.338 e. The van der Waals surface area contributed by atoms with E-state index in [4.69, 9.17) is 21.1 Å². The lowest BCUT2D eigenvalue weighted by molar-refractivity contribution is 0.0599. The number of halogens is 2. The minimum Gasteiger partial charge on any atom is -0.465 e. The van der Waals surface area contributed by atoms with E-state index < -0.39 is 21.8 Å². The number of hydrogen-bond donors (Lipinski definition) is 1. The van der Waals surface area contributed by atoms with Crippen LogP contribution >= 0.6 is 11.6 Å². The molecule has 0 radical (unpaired) electrons. The predicted molar refractivity (Wildman–Crippen MR) is 126 cm³/mol. The van der Waals surface area contributed by atoms with Gasteiger partial charge in [-0.1, -0.05) is 36.7 Å². The Labute approximate surface area is 198 Å². The maximum atomic E-state index is 13.2. The van der Waals surface area contributed by atoms with Crippen LogP contribution in [0.4, 0.5) is 4.39 Å². The highest BCUT2D eigenvalue weighted by atomic mass is 35.5. The Bertz CT molecular complexity index is 1250. The van der Waals surface area contributed by atoms with E-state index in [1.54, 1.807) is 30.3 Å². The van der Waals surface area contributed by atoms with Crippen LogP contribution in [-0.2, 0) is 27.6 Å². The van der Waals surface area contributed by atoms with Gasteiger partial charge < -0.3 is 9.47 Å². The van der Waals surface area contributed by atoms with Gasteiger partial charge in [0, 0.05) is 14.0 Å². The molecule has 0 amide bonds. The first kappa shape index (κ1) is 24.7. The molecule has 33 heavy (non-hydrogen) atoms. The summed E-state index contributed by atoms with van der Waals surface area (Å²) in [5.74, 6) is -0.158. The molecule has 0 aliphatic heterocycles. The topological polar surface area (TPSA) is 81.7 Å². The summed E-state index contributed by atoms with van der Waals surface area (Å²) in [6, 6.07) is 15.6. The molecule has 1 N–H and O–H groups in total. The van der Waals surface area contributed by atoms with E-state index in [1.165, 1.54) is 37.4 Å². The second-order valence-corrected chi connectivity index (χ2v) is 9.31. The van der Waals surface area contributed by atoms with Crippen molar-refractivity contribution in [3.63, 3.8) is 0 Å². The highest BCUT2D eigenvalue weighted by Crippen LogP contribution is 2.26. The molecule has 0 aromatic heterocycles. The standard InChI is InChI=1S/C24H23ClFNO5S.H2/c1-3-17-6-10-20(15-21(17)24(28)31-2)33(29,30)27-13-12-16-4-7-18(8-5-16)32-19-9-11-23(26)22(25)14-19;/h4-11,14-15,27H,3,12-13H2,1-2H3;1H. The first-order chi connectivity index (χ1) is 15.7. The number of sulfonamides is 1. The lowest BCUT2D eigenvalue weighted by Gasteiger charge is -2.11. The van der Waals surface area contributed by atoms with E-state index in [0.717, 1.165) is 5.56 Å². The highest BCUT2D eigenvalue weighted by Gasteiger charge is 2.19. The molecule has 3 aromatic carbocycles. The van der Waals surface area contributed by atoms with E-state index >= 15 is 0 Å². The molecule has 0 fully saturated rings. The molecule has 0 atom stereocenters. The van der Waals surface area contributed by atoms with Crippen LogP contribution in [0.2, 0.25) is 5.02 Å². The van der Waals surface area contributed by atoms with E-state index in [-0.39, 0.29) is 23.5 Å². The zero-order valence-electron chi connectivity index (χ0n) is 18.1. The van der Waals surface area contributed by atoms with Crippen molar-refractivity contribution in [3.8, 4) is 11.5 Å². The number of ether oxygens (including phenoxy) is 2. The van der Waals surface area contributed by atoms with E-state index in [2.05, 4.69) is 4.72 Å². The number of esters is 1. The third-order valence-corrected chi connectivity index (χ3v) is 6.68. The number of carbonyl (C=O) groups excluding carboxylic acids is 1. The quantitative estimate of drug-likeness (QED) is 0.404. The molecule has 3 rings (SSSR count). The zero-order valence-corrected chi connectivity index (χ0v) is 19.7. The summed E-state index contributed by atoms with van der Waals surface area (Å²) < 4.78 is 51.5. The summed E-state index contributed by atoms with van der Waals surface area (Å²) in [7, 11) is -2.55. The molecule has 9 heteroatoms. The van der Waals surface area contributed by atoms with Crippen molar-refractivity contribution in [2.75, 3.05) is 13.7 Å². The van der Waals surface area contributed by atoms with Crippen molar-refractivity contribution in [1.29, 1.82) is 0 Å². The fourth-order valence-electron chi connectivity index (χ4n) is 3.14. The van der Waals surface area contributed by atoms with Gasteiger partial charge in [-0.25, -0.2) is 22.3 Å². The Morgan fingerprint density at radius 1 is 1.06 bits per heavy atom. The SMILES string of the molecule is CCc1ccc(S(=O)(=O)NCCc2ccc(Oc3ccc(F)c(Cl)c3)cc2)cc1C(=O)OC.[HH]. The summed E-state index contributed by atoms with van der Waals surface area (Å²) >= 11 is 5.76. The van der Waals surface area contributed by atoms with Crippen LogP contribution in [0.15, 0.2) is 65.6 Å². The van der Waals surface area contributed by atoms with Crippen LogP contribution in [0.1, 0.15) is 29.8 Å². The van der Waals surface area contributed by atoms with Gasteiger partial charge in [-0.15, -0.1) is 0 Å². The Kier molecular flexibility index (Phi) is 8.07. The molecule has 0 heterocycles. The van der Waals surface area contributed by atoms with Crippen molar-refractivity contribution in [3.05, 3.63) is 88.2 Å². The molecule has 0 spiro atoms. The van der Waals surface area contributed by atoms with Gasteiger partial charge >= 0.3 is 5.97 Å². The fraction of sp³-hybridized carbons (Fsp3) is 0.208. The summed E-state index contributed by atoms with van der Waals surface area (Å²) in [6.07, 6.45) is 1.02. The first-order valence-electron chi connectivity index (χ1n) is 10.2.